The molecule has 0 spiro atoms. The van der Waals surface area contributed by atoms with Gasteiger partial charge in [-0.05, 0) is 12.8 Å². The van der Waals surface area contributed by atoms with Crippen LogP contribution in [0.25, 0.3) is 0 Å². The molecule has 172 valence electrons. The highest BCUT2D eigenvalue weighted by Crippen LogP contribution is 2.00. The van der Waals surface area contributed by atoms with Crippen LogP contribution >= 0.6 is 37.9 Å². The molecule has 0 aliphatic carbocycles. The van der Waals surface area contributed by atoms with E-state index in [4.69, 9.17) is 22.3 Å². The summed E-state index contributed by atoms with van der Waals surface area (Å²) in [5, 5.41) is 16.1. The number of nitrogens with zero attached hydrogens (tertiary/aromatic N) is 1. The minimum absolute atomic E-state index is 0.0619. The molecule has 0 aromatic carbocycles. The van der Waals surface area contributed by atoms with Crippen LogP contribution in [0.2, 0.25) is 0 Å². The normalized spacial score (nSPS) is 14.5. The summed E-state index contributed by atoms with van der Waals surface area (Å²) in [6.45, 7) is 0.308. The lowest BCUT2D eigenvalue weighted by molar-refractivity contribution is -0.141. The topological polar surface area (TPSA) is 215 Å². The minimum atomic E-state index is -1.27. The van der Waals surface area contributed by atoms with Crippen molar-refractivity contribution in [2.45, 2.75) is 37.0 Å². The second kappa shape index (κ2) is 15.0. The highest BCUT2D eigenvalue weighted by atomic mass is 32.1. The summed E-state index contributed by atoms with van der Waals surface area (Å²) in [5.41, 5.74) is 16.2. The Kier molecular flexibility index (Phi) is 14.1. The number of aliphatic carboxylic acids is 1. The number of hydrogen-bond donors (Lipinski definition) is 10. The van der Waals surface area contributed by atoms with Crippen LogP contribution in [0.3, 0.4) is 0 Å². The van der Waals surface area contributed by atoms with Gasteiger partial charge in [-0.3, -0.25) is 19.4 Å². The SMILES string of the molecule is NC(N)=NCCCC(N)C(=O)NC(CS)C(=O)NC(CS)C(=O)NC(CS)C(=O)O. The van der Waals surface area contributed by atoms with Gasteiger partial charge in [0.25, 0.3) is 0 Å². The fourth-order valence-electron chi connectivity index (χ4n) is 2.05. The number of carbonyl (C=O) groups is 4. The Hall–Kier alpha value is -1.84. The first-order valence-electron chi connectivity index (χ1n) is 8.84. The second-order valence-corrected chi connectivity index (χ2v) is 7.22. The molecule has 30 heavy (non-hydrogen) atoms. The molecule has 4 atom stereocenters. The number of carboxylic acids is 1. The van der Waals surface area contributed by atoms with Crippen LogP contribution in [0, 0.1) is 0 Å². The van der Waals surface area contributed by atoms with Crippen LogP contribution in [0.4, 0.5) is 0 Å². The van der Waals surface area contributed by atoms with E-state index < -0.39 is 47.9 Å². The van der Waals surface area contributed by atoms with E-state index >= 15 is 0 Å². The van der Waals surface area contributed by atoms with Crippen LogP contribution in [-0.2, 0) is 19.2 Å². The Morgan fingerprint density at radius 1 is 0.833 bits per heavy atom. The first-order valence-corrected chi connectivity index (χ1v) is 10.7. The zero-order valence-corrected chi connectivity index (χ0v) is 18.8. The van der Waals surface area contributed by atoms with E-state index in [1.54, 1.807) is 0 Å². The number of guanidine groups is 1. The number of carbonyl (C=O) groups excluding carboxylic acids is 3. The van der Waals surface area contributed by atoms with Crippen molar-refractivity contribution < 1.29 is 24.3 Å². The number of nitrogens with one attached hydrogen (secondary N) is 3. The molecule has 0 aromatic heterocycles. The third-order valence-corrected chi connectivity index (χ3v) is 4.83. The van der Waals surface area contributed by atoms with E-state index in [1.165, 1.54) is 0 Å². The summed E-state index contributed by atoms with van der Waals surface area (Å²) in [6, 6.07) is -4.32. The molecule has 0 fully saturated rings. The molecule has 0 aliphatic heterocycles. The third kappa shape index (κ3) is 10.8. The summed E-state index contributed by atoms with van der Waals surface area (Å²) < 4.78 is 0. The molecular formula is C15H29N7O5S3. The van der Waals surface area contributed by atoms with Gasteiger partial charge in [-0.1, -0.05) is 0 Å². The third-order valence-electron chi connectivity index (χ3n) is 3.73. The summed E-state index contributed by atoms with van der Waals surface area (Å²) in [7, 11) is 0. The largest absolute Gasteiger partial charge is 0.480 e. The maximum atomic E-state index is 12.4. The van der Waals surface area contributed by atoms with Gasteiger partial charge in [0.2, 0.25) is 17.7 Å². The fraction of sp³-hybridized carbons (Fsp3) is 0.667. The first-order chi connectivity index (χ1) is 14.1. The van der Waals surface area contributed by atoms with Crippen molar-refractivity contribution in [3.63, 3.8) is 0 Å². The molecule has 4 unspecified atom stereocenters. The van der Waals surface area contributed by atoms with E-state index in [0.29, 0.717) is 13.0 Å². The molecule has 12 nitrogen and oxygen atoms in total. The molecule has 0 aliphatic rings. The maximum Gasteiger partial charge on any atom is 0.327 e. The predicted octanol–water partition coefficient (Wildman–Crippen LogP) is -3.30. The highest BCUT2D eigenvalue weighted by molar-refractivity contribution is 7.80. The predicted molar refractivity (Wildman–Crippen MR) is 123 cm³/mol. The summed E-state index contributed by atoms with van der Waals surface area (Å²) in [4.78, 5) is 51.6. The second-order valence-electron chi connectivity index (χ2n) is 6.12. The molecule has 0 aromatic rings. The van der Waals surface area contributed by atoms with Gasteiger partial charge in [-0.15, -0.1) is 0 Å². The lowest BCUT2D eigenvalue weighted by atomic mass is 10.1. The Morgan fingerprint density at radius 2 is 1.27 bits per heavy atom. The van der Waals surface area contributed by atoms with Crippen molar-refractivity contribution in [2.75, 3.05) is 23.8 Å². The van der Waals surface area contributed by atoms with Crippen molar-refractivity contribution in [2.24, 2.45) is 22.2 Å². The van der Waals surface area contributed by atoms with Crippen molar-refractivity contribution in [3.8, 4) is 0 Å². The summed E-state index contributed by atoms with van der Waals surface area (Å²) >= 11 is 11.9. The highest BCUT2D eigenvalue weighted by Gasteiger charge is 2.28. The van der Waals surface area contributed by atoms with Crippen molar-refractivity contribution in [1.29, 1.82) is 0 Å². The molecule has 0 saturated carbocycles. The molecule has 3 amide bonds. The van der Waals surface area contributed by atoms with Gasteiger partial charge in [0.15, 0.2) is 5.96 Å². The van der Waals surface area contributed by atoms with E-state index in [2.05, 4.69) is 58.8 Å². The van der Waals surface area contributed by atoms with Crippen molar-refractivity contribution >= 4 is 67.5 Å². The van der Waals surface area contributed by atoms with Gasteiger partial charge in [0, 0.05) is 23.8 Å². The van der Waals surface area contributed by atoms with Gasteiger partial charge in [-0.25, -0.2) is 4.79 Å². The van der Waals surface area contributed by atoms with E-state index in [0.717, 1.165) is 0 Å². The lowest BCUT2D eigenvalue weighted by Crippen LogP contribution is -2.58. The van der Waals surface area contributed by atoms with Crippen LogP contribution in [-0.4, -0.2) is 82.7 Å². The number of aliphatic imine (C=N–C) groups is 1. The molecule has 0 bridgehead atoms. The zero-order valence-electron chi connectivity index (χ0n) is 16.2. The minimum Gasteiger partial charge on any atom is -0.480 e. The van der Waals surface area contributed by atoms with E-state index in [1.807, 2.05) is 0 Å². The van der Waals surface area contributed by atoms with Crippen LogP contribution < -0.4 is 33.2 Å². The number of thiol groups is 3. The maximum absolute atomic E-state index is 12.4. The van der Waals surface area contributed by atoms with E-state index in [9.17, 15) is 19.2 Å². The average molecular weight is 484 g/mol. The molecule has 0 rings (SSSR count). The Morgan fingerprint density at radius 3 is 1.67 bits per heavy atom. The molecule has 0 radical (unpaired) electrons. The Balaban J connectivity index is 4.79. The standard InChI is InChI=1S/C15H29N7O5S3/c16-7(2-1-3-19-15(17)18)11(23)20-8(4-28)12(24)21-9(5-29)13(25)22-10(6-30)14(26)27/h7-10,28-30H,1-6,16H2,(H,20,23)(H,21,24)(H,22,25)(H,26,27)(H4,17,18,19). The lowest BCUT2D eigenvalue weighted by Gasteiger charge is -2.23. The summed E-state index contributed by atoms with van der Waals surface area (Å²) in [6.07, 6.45) is 0.744. The quantitative estimate of drug-likeness (QED) is 0.0521. The fourth-order valence-corrected chi connectivity index (χ4v) is 2.81. The molecular weight excluding hydrogens is 454 g/mol. The van der Waals surface area contributed by atoms with E-state index in [-0.39, 0.29) is 29.6 Å². The van der Waals surface area contributed by atoms with Crippen LogP contribution in [0.15, 0.2) is 4.99 Å². The van der Waals surface area contributed by atoms with Gasteiger partial charge in [-0.2, -0.15) is 37.9 Å². The Bertz CT molecular complexity index is 634. The zero-order chi connectivity index (χ0) is 23.3. The molecule has 0 heterocycles. The molecule has 0 saturated heterocycles. The van der Waals surface area contributed by atoms with Crippen molar-refractivity contribution in [1.82, 2.24) is 16.0 Å². The number of nitrogens with two attached hydrogens (primary N) is 3. The van der Waals surface area contributed by atoms with Crippen molar-refractivity contribution in [3.05, 3.63) is 0 Å². The van der Waals surface area contributed by atoms with Gasteiger partial charge in [0.05, 0.1) is 6.04 Å². The smallest absolute Gasteiger partial charge is 0.327 e. The first kappa shape index (κ1) is 28.2. The van der Waals surface area contributed by atoms with Crippen LogP contribution in [0.1, 0.15) is 12.8 Å². The number of carboxylic acid groups (broad SMARTS) is 1. The van der Waals surface area contributed by atoms with Gasteiger partial charge < -0.3 is 38.3 Å². The molecule has 10 N–H and O–H groups in total. The summed E-state index contributed by atoms with van der Waals surface area (Å²) in [5.74, 6) is -3.66. The number of rotatable bonds is 14. The number of hydrogen-bond acceptors (Lipinski definition) is 9. The number of amides is 3. The monoisotopic (exact) mass is 483 g/mol. The molecule has 15 heteroatoms. The average Bonchev–Trinajstić information content (AvgIpc) is 2.70. The van der Waals surface area contributed by atoms with Gasteiger partial charge >= 0.3 is 5.97 Å². The Labute approximate surface area is 190 Å². The van der Waals surface area contributed by atoms with Crippen LogP contribution in [0.5, 0.6) is 0 Å². The van der Waals surface area contributed by atoms with Gasteiger partial charge in [0.1, 0.15) is 18.1 Å².